The largest absolute Gasteiger partial charge is 0.368 e. The lowest BCUT2D eigenvalue weighted by Crippen LogP contribution is -2.54. The van der Waals surface area contributed by atoms with Crippen LogP contribution in [0.3, 0.4) is 0 Å². The number of anilines is 1. The Hall–Kier alpha value is -2.82. The van der Waals surface area contributed by atoms with Crippen molar-refractivity contribution in [3.8, 4) is 0 Å². The van der Waals surface area contributed by atoms with Crippen molar-refractivity contribution < 1.29 is 9.59 Å². The molecule has 1 fully saturated rings. The topological polar surface area (TPSA) is 43.9 Å². The Morgan fingerprint density at radius 2 is 1.72 bits per heavy atom. The molecule has 2 aromatic rings. The number of likely N-dealkylation sites (N-methyl/N-ethyl adjacent to an activating group) is 1. The summed E-state index contributed by atoms with van der Waals surface area (Å²) in [5, 5.41) is 0. The van der Waals surface area contributed by atoms with Gasteiger partial charge in [0.05, 0.1) is 6.42 Å². The van der Waals surface area contributed by atoms with Gasteiger partial charge in [-0.3, -0.25) is 9.59 Å². The number of rotatable bonds is 3. The van der Waals surface area contributed by atoms with Crippen LogP contribution < -0.4 is 4.90 Å². The summed E-state index contributed by atoms with van der Waals surface area (Å²) in [7, 11) is 0. The zero-order chi connectivity index (χ0) is 20.5. The summed E-state index contributed by atoms with van der Waals surface area (Å²) < 4.78 is 0. The second-order valence-electron chi connectivity index (χ2n) is 7.99. The van der Waals surface area contributed by atoms with Crippen molar-refractivity contribution in [1.29, 1.82) is 0 Å². The first-order chi connectivity index (χ1) is 14.0. The minimum absolute atomic E-state index is 0.0403. The maximum atomic E-state index is 13.5. The van der Waals surface area contributed by atoms with Gasteiger partial charge in [-0.2, -0.15) is 0 Å². The number of fused-ring (bicyclic) bond motifs is 1. The maximum absolute atomic E-state index is 13.5. The van der Waals surface area contributed by atoms with Gasteiger partial charge in [-0.15, -0.1) is 0 Å². The van der Waals surface area contributed by atoms with E-state index in [1.54, 1.807) is 4.90 Å². The number of carbonyl (C=O) groups excluding carboxylic acids is 2. The Bertz CT molecular complexity index is 931. The first-order valence-corrected chi connectivity index (χ1v) is 10.5. The van der Waals surface area contributed by atoms with Crippen molar-refractivity contribution >= 4 is 17.5 Å². The fraction of sp³-hybridized carbons (Fsp3) is 0.417. The number of piperazine rings is 1. The monoisotopic (exact) mass is 391 g/mol. The van der Waals surface area contributed by atoms with Gasteiger partial charge in [-0.1, -0.05) is 36.4 Å². The van der Waals surface area contributed by atoms with E-state index in [1.165, 1.54) is 16.8 Å². The number of hydrogen-bond acceptors (Lipinski definition) is 3. The van der Waals surface area contributed by atoms with Crippen LogP contribution in [0.15, 0.2) is 42.5 Å². The highest BCUT2D eigenvalue weighted by Crippen LogP contribution is 2.32. The molecule has 2 heterocycles. The molecule has 0 aromatic heterocycles. The number of carbonyl (C=O) groups is 2. The van der Waals surface area contributed by atoms with Gasteiger partial charge < -0.3 is 14.7 Å². The molecule has 2 aliphatic heterocycles. The summed E-state index contributed by atoms with van der Waals surface area (Å²) in [5.41, 5.74) is 5.81. The fourth-order valence-electron chi connectivity index (χ4n) is 4.58. The molecule has 0 aliphatic carbocycles. The standard InChI is InChI=1S/C24H29N3O2/c1-4-27-22(28)16-19-9-5-6-10-20(19)23(27)24(29)26-14-12-25(13-15-26)21-11-7-8-17(2)18(21)3/h5-11,23H,4,12-16H2,1-3H3. The predicted molar refractivity (Wildman–Crippen MR) is 115 cm³/mol. The summed E-state index contributed by atoms with van der Waals surface area (Å²) in [6, 6.07) is 13.8. The average molecular weight is 392 g/mol. The summed E-state index contributed by atoms with van der Waals surface area (Å²) in [5.74, 6) is 0.0894. The molecule has 152 valence electrons. The van der Waals surface area contributed by atoms with Crippen LogP contribution in [0.1, 0.15) is 35.2 Å². The molecule has 5 heteroatoms. The van der Waals surface area contributed by atoms with Gasteiger partial charge in [-0.05, 0) is 49.1 Å². The van der Waals surface area contributed by atoms with E-state index >= 15 is 0 Å². The van der Waals surface area contributed by atoms with Crippen LogP contribution in [0.5, 0.6) is 0 Å². The maximum Gasteiger partial charge on any atom is 0.250 e. The summed E-state index contributed by atoms with van der Waals surface area (Å²) in [6.45, 7) is 9.76. The Balaban J connectivity index is 1.53. The van der Waals surface area contributed by atoms with Gasteiger partial charge >= 0.3 is 0 Å². The number of amides is 2. The normalized spacial score (nSPS) is 19.3. The minimum Gasteiger partial charge on any atom is -0.368 e. The quantitative estimate of drug-likeness (QED) is 0.808. The van der Waals surface area contributed by atoms with Crippen molar-refractivity contribution in [2.45, 2.75) is 33.2 Å². The molecule has 2 amide bonds. The van der Waals surface area contributed by atoms with Gasteiger partial charge in [0, 0.05) is 38.4 Å². The molecule has 29 heavy (non-hydrogen) atoms. The minimum atomic E-state index is -0.496. The van der Waals surface area contributed by atoms with Crippen molar-refractivity contribution in [2.75, 3.05) is 37.6 Å². The summed E-state index contributed by atoms with van der Waals surface area (Å²) >= 11 is 0. The van der Waals surface area contributed by atoms with E-state index in [-0.39, 0.29) is 11.8 Å². The summed E-state index contributed by atoms with van der Waals surface area (Å²) in [4.78, 5) is 32.2. The molecule has 4 rings (SSSR count). The zero-order valence-corrected chi connectivity index (χ0v) is 17.5. The third-order valence-corrected chi connectivity index (χ3v) is 6.41. The molecular formula is C24H29N3O2. The van der Waals surface area contributed by atoms with Crippen LogP contribution in [0.2, 0.25) is 0 Å². The molecule has 0 spiro atoms. The molecule has 2 aromatic carbocycles. The first kappa shape index (κ1) is 19.5. The molecule has 0 bridgehead atoms. The highest BCUT2D eigenvalue weighted by atomic mass is 16.2. The third kappa shape index (κ3) is 3.50. The van der Waals surface area contributed by atoms with E-state index in [2.05, 4.69) is 36.9 Å². The van der Waals surface area contributed by atoms with E-state index in [9.17, 15) is 9.59 Å². The van der Waals surface area contributed by atoms with E-state index < -0.39 is 6.04 Å². The van der Waals surface area contributed by atoms with Gasteiger partial charge in [-0.25, -0.2) is 0 Å². The lowest BCUT2D eigenvalue weighted by atomic mass is 9.91. The number of benzene rings is 2. The summed E-state index contributed by atoms with van der Waals surface area (Å²) in [6.07, 6.45) is 0.383. The van der Waals surface area contributed by atoms with Gasteiger partial charge in [0.1, 0.15) is 6.04 Å². The van der Waals surface area contributed by atoms with Crippen LogP contribution >= 0.6 is 0 Å². The number of aryl methyl sites for hydroxylation is 1. The smallest absolute Gasteiger partial charge is 0.250 e. The van der Waals surface area contributed by atoms with Gasteiger partial charge in [0.2, 0.25) is 11.8 Å². The molecule has 1 atom stereocenters. The van der Waals surface area contributed by atoms with Crippen LogP contribution in [-0.4, -0.2) is 54.3 Å². The molecule has 0 saturated carbocycles. The Labute approximate surface area is 172 Å². The number of nitrogens with zero attached hydrogens (tertiary/aromatic N) is 3. The average Bonchev–Trinajstić information content (AvgIpc) is 2.74. The SMILES string of the molecule is CCN1C(=O)Cc2ccccc2C1C(=O)N1CCN(c2cccc(C)c2C)CC1. The third-order valence-electron chi connectivity index (χ3n) is 6.41. The fourth-order valence-corrected chi connectivity index (χ4v) is 4.58. The Morgan fingerprint density at radius 1 is 1.00 bits per heavy atom. The molecule has 1 unspecified atom stereocenters. The van der Waals surface area contributed by atoms with E-state index in [1.807, 2.05) is 36.1 Å². The van der Waals surface area contributed by atoms with Crippen molar-refractivity contribution in [3.63, 3.8) is 0 Å². The molecule has 2 aliphatic rings. The predicted octanol–water partition coefficient (Wildman–Crippen LogP) is 3.10. The molecule has 0 radical (unpaired) electrons. The van der Waals surface area contributed by atoms with E-state index in [0.29, 0.717) is 26.1 Å². The first-order valence-electron chi connectivity index (χ1n) is 10.5. The molecular weight excluding hydrogens is 362 g/mol. The molecule has 1 saturated heterocycles. The number of hydrogen-bond donors (Lipinski definition) is 0. The van der Waals surface area contributed by atoms with Crippen molar-refractivity contribution in [1.82, 2.24) is 9.80 Å². The molecule has 0 N–H and O–H groups in total. The zero-order valence-electron chi connectivity index (χ0n) is 17.5. The Morgan fingerprint density at radius 3 is 2.45 bits per heavy atom. The van der Waals surface area contributed by atoms with Gasteiger partial charge in [0.25, 0.3) is 0 Å². The van der Waals surface area contributed by atoms with Crippen molar-refractivity contribution in [2.24, 2.45) is 0 Å². The van der Waals surface area contributed by atoms with Crippen LogP contribution in [-0.2, 0) is 16.0 Å². The Kier molecular flexibility index (Phi) is 5.31. The van der Waals surface area contributed by atoms with Crippen LogP contribution in [0.25, 0.3) is 0 Å². The lowest BCUT2D eigenvalue weighted by molar-refractivity contribution is -0.147. The molecule has 5 nitrogen and oxygen atoms in total. The highest BCUT2D eigenvalue weighted by molar-refractivity contribution is 5.92. The van der Waals surface area contributed by atoms with Crippen LogP contribution in [0.4, 0.5) is 5.69 Å². The second kappa shape index (κ2) is 7.90. The van der Waals surface area contributed by atoms with Crippen molar-refractivity contribution in [3.05, 3.63) is 64.7 Å². The lowest BCUT2D eigenvalue weighted by Gasteiger charge is -2.42. The highest BCUT2D eigenvalue weighted by Gasteiger charge is 2.39. The van der Waals surface area contributed by atoms with E-state index in [4.69, 9.17) is 0 Å². The second-order valence-corrected chi connectivity index (χ2v) is 7.99. The van der Waals surface area contributed by atoms with Crippen LogP contribution in [0, 0.1) is 13.8 Å². The van der Waals surface area contributed by atoms with E-state index in [0.717, 1.165) is 24.2 Å². The van der Waals surface area contributed by atoms with Gasteiger partial charge in [0.15, 0.2) is 0 Å².